The van der Waals surface area contributed by atoms with Crippen molar-refractivity contribution in [2.75, 3.05) is 12.0 Å². The summed E-state index contributed by atoms with van der Waals surface area (Å²) in [7, 11) is 1.25. The molecule has 0 unspecified atom stereocenters. The maximum Gasteiger partial charge on any atom is 0.339 e. The molecule has 36 heavy (non-hydrogen) atoms. The lowest BCUT2D eigenvalue weighted by Gasteiger charge is -2.17. The summed E-state index contributed by atoms with van der Waals surface area (Å²) >= 11 is 0. The first kappa shape index (κ1) is 24.1. The van der Waals surface area contributed by atoms with Crippen molar-refractivity contribution in [3.05, 3.63) is 100 Å². The molecule has 0 radical (unpaired) electrons. The third kappa shape index (κ3) is 4.62. The fourth-order valence-electron chi connectivity index (χ4n) is 3.57. The highest BCUT2D eigenvalue weighted by Gasteiger charge is 2.54. The van der Waals surface area contributed by atoms with Gasteiger partial charge in [0.2, 0.25) is 12.2 Å². The molecule has 11 nitrogen and oxygen atoms in total. The zero-order chi connectivity index (χ0) is 25.8. The van der Waals surface area contributed by atoms with Gasteiger partial charge >= 0.3 is 11.9 Å². The number of carbonyl (C=O) groups is 4. The van der Waals surface area contributed by atoms with Crippen molar-refractivity contribution < 1.29 is 38.3 Å². The van der Waals surface area contributed by atoms with Crippen LogP contribution >= 0.6 is 0 Å². The van der Waals surface area contributed by atoms with E-state index in [1.165, 1.54) is 37.4 Å². The van der Waals surface area contributed by atoms with E-state index >= 15 is 0 Å². The smallest absolute Gasteiger partial charge is 0.339 e. The molecule has 182 valence electrons. The van der Waals surface area contributed by atoms with Crippen LogP contribution in [0.15, 0.2) is 78.9 Å². The van der Waals surface area contributed by atoms with Crippen LogP contribution < -0.4 is 9.64 Å². The Balaban J connectivity index is 1.73. The molecule has 1 aliphatic rings. The van der Waals surface area contributed by atoms with Crippen LogP contribution in [0.25, 0.3) is 0 Å². The van der Waals surface area contributed by atoms with Gasteiger partial charge in [0.25, 0.3) is 17.5 Å². The molecule has 0 aliphatic carbocycles. The topological polar surface area (TPSA) is 142 Å². The van der Waals surface area contributed by atoms with Gasteiger partial charge in [-0.25, -0.2) is 14.5 Å². The van der Waals surface area contributed by atoms with Crippen molar-refractivity contribution >= 4 is 35.1 Å². The monoisotopic (exact) mass is 490 g/mol. The van der Waals surface area contributed by atoms with Gasteiger partial charge < -0.3 is 14.2 Å². The van der Waals surface area contributed by atoms with E-state index in [9.17, 15) is 29.3 Å². The van der Waals surface area contributed by atoms with Crippen LogP contribution in [0, 0.1) is 10.1 Å². The largest absolute Gasteiger partial charge is 0.495 e. The van der Waals surface area contributed by atoms with Gasteiger partial charge in [0, 0.05) is 12.1 Å². The Morgan fingerprint density at radius 2 is 1.28 bits per heavy atom. The number of nitro benzene ring substituents is 1. The Hall–Kier alpha value is -5.06. The number of nitrogens with zero attached hydrogens (tertiary/aromatic N) is 2. The lowest BCUT2D eigenvalue weighted by molar-refractivity contribution is -0.384. The van der Waals surface area contributed by atoms with Crippen molar-refractivity contribution in [2.45, 2.75) is 12.2 Å². The summed E-state index contributed by atoms with van der Waals surface area (Å²) in [6.07, 6.45) is -3.69. The summed E-state index contributed by atoms with van der Waals surface area (Å²) in [5, 5.41) is 11.3. The summed E-state index contributed by atoms with van der Waals surface area (Å²) in [5.41, 5.74) is -0.496. The van der Waals surface area contributed by atoms with Crippen molar-refractivity contribution in [1.82, 2.24) is 0 Å². The van der Waals surface area contributed by atoms with Gasteiger partial charge in [-0.05, 0) is 30.3 Å². The first-order valence-corrected chi connectivity index (χ1v) is 10.5. The average molecular weight is 490 g/mol. The lowest BCUT2D eigenvalue weighted by Crippen LogP contribution is -2.37. The number of anilines is 1. The molecular weight excluding hydrogens is 472 g/mol. The highest BCUT2D eigenvalue weighted by atomic mass is 16.6. The highest BCUT2D eigenvalue weighted by molar-refractivity contribution is 6.26. The zero-order valence-electron chi connectivity index (χ0n) is 18.7. The second kappa shape index (κ2) is 10.1. The third-order valence-corrected chi connectivity index (χ3v) is 5.30. The van der Waals surface area contributed by atoms with Gasteiger partial charge in [-0.15, -0.1) is 0 Å². The molecule has 0 bridgehead atoms. The van der Waals surface area contributed by atoms with E-state index in [4.69, 9.17) is 14.2 Å². The molecule has 0 N–H and O–H groups in total. The number of methoxy groups -OCH3 is 1. The summed E-state index contributed by atoms with van der Waals surface area (Å²) in [6.45, 7) is 0. The first-order chi connectivity index (χ1) is 17.3. The van der Waals surface area contributed by atoms with Gasteiger partial charge in [-0.3, -0.25) is 19.7 Å². The zero-order valence-corrected chi connectivity index (χ0v) is 18.7. The molecule has 1 aliphatic heterocycles. The number of imide groups is 1. The Labute approximate surface area is 203 Å². The number of rotatable bonds is 7. The van der Waals surface area contributed by atoms with Crippen LogP contribution in [-0.2, 0) is 19.1 Å². The fourth-order valence-corrected chi connectivity index (χ4v) is 3.57. The summed E-state index contributed by atoms with van der Waals surface area (Å²) in [6, 6.07) is 18.7. The van der Waals surface area contributed by atoms with Crippen molar-refractivity contribution in [3.63, 3.8) is 0 Å². The summed E-state index contributed by atoms with van der Waals surface area (Å²) in [5.74, 6) is -4.03. The second-order valence-electron chi connectivity index (χ2n) is 7.51. The quantitative estimate of drug-likeness (QED) is 0.211. The molecule has 1 fully saturated rings. The SMILES string of the molecule is COc1ccc([N+](=O)[O-])cc1N1C(=O)[C@@H](OC(=O)c2ccccc2)[C@H](OC(=O)c2ccccc2)C1=O. The maximum atomic E-state index is 13.4. The van der Waals surface area contributed by atoms with Crippen LogP contribution in [-0.4, -0.2) is 48.0 Å². The predicted molar refractivity (Wildman–Crippen MR) is 123 cm³/mol. The number of non-ortho nitro benzene ring substituents is 1. The van der Waals surface area contributed by atoms with E-state index in [-0.39, 0.29) is 22.6 Å². The molecule has 3 aromatic carbocycles. The van der Waals surface area contributed by atoms with Gasteiger partial charge in [0.05, 0.1) is 23.2 Å². The molecule has 2 amide bonds. The molecule has 11 heteroatoms. The van der Waals surface area contributed by atoms with E-state index in [1.807, 2.05) is 0 Å². The van der Waals surface area contributed by atoms with Crippen molar-refractivity contribution in [1.29, 1.82) is 0 Å². The van der Waals surface area contributed by atoms with E-state index < -0.39 is 46.6 Å². The van der Waals surface area contributed by atoms with Gasteiger partial charge in [-0.2, -0.15) is 0 Å². The number of esters is 2. The highest BCUT2D eigenvalue weighted by Crippen LogP contribution is 2.37. The first-order valence-electron chi connectivity index (χ1n) is 10.5. The summed E-state index contributed by atoms with van der Waals surface area (Å²) in [4.78, 5) is 63.3. The predicted octanol–water partition coefficient (Wildman–Crippen LogP) is 2.93. The third-order valence-electron chi connectivity index (χ3n) is 5.30. The number of benzene rings is 3. The molecule has 0 saturated carbocycles. The van der Waals surface area contributed by atoms with Crippen molar-refractivity contribution in [2.24, 2.45) is 0 Å². The van der Waals surface area contributed by atoms with Crippen molar-refractivity contribution in [3.8, 4) is 5.75 Å². The molecule has 1 heterocycles. The van der Waals surface area contributed by atoms with Crippen LogP contribution in [0.1, 0.15) is 20.7 Å². The molecule has 2 atom stereocenters. The molecule has 4 rings (SSSR count). The van der Waals surface area contributed by atoms with E-state index in [2.05, 4.69) is 0 Å². The minimum absolute atomic E-state index is 0.0366. The average Bonchev–Trinajstić information content (AvgIpc) is 3.12. The van der Waals surface area contributed by atoms with Crippen LogP contribution in [0.4, 0.5) is 11.4 Å². The Morgan fingerprint density at radius 3 is 1.69 bits per heavy atom. The number of ether oxygens (including phenoxy) is 3. The fraction of sp³-hybridized carbons (Fsp3) is 0.120. The number of hydrogen-bond acceptors (Lipinski definition) is 9. The van der Waals surface area contributed by atoms with Gasteiger partial charge in [-0.1, -0.05) is 36.4 Å². The molecule has 1 saturated heterocycles. The molecule has 0 aromatic heterocycles. The minimum Gasteiger partial charge on any atom is -0.495 e. The summed E-state index contributed by atoms with van der Waals surface area (Å²) < 4.78 is 15.8. The minimum atomic E-state index is -1.85. The maximum absolute atomic E-state index is 13.4. The van der Waals surface area contributed by atoms with Gasteiger partial charge in [0.15, 0.2) is 0 Å². The Kier molecular flexibility index (Phi) is 6.72. The standard InChI is InChI=1S/C25H18N2O9/c1-34-19-13-12-17(27(32)33)14-18(19)26-22(28)20(35-24(30)15-8-4-2-5-9-15)21(23(26)29)36-25(31)16-10-6-3-7-11-16/h2-14,20-21H,1H3/t20-,21-/m0/s1. The lowest BCUT2D eigenvalue weighted by atomic mass is 10.2. The normalized spacial score (nSPS) is 17.0. The number of nitro groups is 1. The Morgan fingerprint density at radius 1 is 0.806 bits per heavy atom. The van der Waals surface area contributed by atoms with Crippen LogP contribution in [0.5, 0.6) is 5.75 Å². The van der Waals surface area contributed by atoms with E-state index in [0.717, 1.165) is 12.1 Å². The Bertz CT molecular complexity index is 1270. The molecular formula is C25H18N2O9. The second-order valence-corrected chi connectivity index (χ2v) is 7.51. The van der Waals surface area contributed by atoms with Gasteiger partial charge in [0.1, 0.15) is 11.4 Å². The van der Waals surface area contributed by atoms with E-state index in [0.29, 0.717) is 4.90 Å². The number of amides is 2. The van der Waals surface area contributed by atoms with E-state index in [1.54, 1.807) is 36.4 Å². The molecule has 3 aromatic rings. The number of carbonyl (C=O) groups excluding carboxylic acids is 4. The van der Waals surface area contributed by atoms with Crippen LogP contribution in [0.2, 0.25) is 0 Å². The number of hydrogen-bond donors (Lipinski definition) is 0. The van der Waals surface area contributed by atoms with Crippen LogP contribution in [0.3, 0.4) is 0 Å². The molecule has 0 spiro atoms.